The Kier molecular flexibility index (Phi) is 4.33. The predicted molar refractivity (Wildman–Crippen MR) is 66.0 cm³/mol. The molecule has 16 heavy (non-hydrogen) atoms. The van der Waals surface area contributed by atoms with E-state index in [1.165, 1.54) is 5.56 Å². The molecule has 0 saturated heterocycles. The lowest BCUT2D eigenvalue weighted by atomic mass is 9.95. The number of aryl methyl sites for hydroxylation is 1. The third-order valence-corrected chi connectivity index (χ3v) is 3.12. The van der Waals surface area contributed by atoms with E-state index in [2.05, 4.69) is 19.9 Å². The van der Waals surface area contributed by atoms with Crippen LogP contribution in [0.5, 0.6) is 5.75 Å². The first-order valence-electron chi connectivity index (χ1n) is 5.44. The molecule has 0 aromatic heterocycles. The van der Waals surface area contributed by atoms with Crippen LogP contribution in [0.1, 0.15) is 28.4 Å². The predicted octanol–water partition coefficient (Wildman–Crippen LogP) is 2.27. The average Bonchev–Trinajstić information content (AvgIpc) is 2.27. The molecular weight excluding hydrogens is 202 g/mol. The van der Waals surface area contributed by atoms with Crippen molar-refractivity contribution in [1.82, 2.24) is 0 Å². The summed E-state index contributed by atoms with van der Waals surface area (Å²) in [4.78, 5) is 0. The zero-order chi connectivity index (χ0) is 12.3. The van der Waals surface area contributed by atoms with E-state index in [-0.39, 0.29) is 6.10 Å². The maximum absolute atomic E-state index is 5.70. The quantitative estimate of drug-likeness (QED) is 0.851. The lowest BCUT2D eigenvalue weighted by Gasteiger charge is -2.20. The maximum atomic E-state index is 5.70. The summed E-state index contributed by atoms with van der Waals surface area (Å²) in [5.74, 6) is 0.952. The minimum absolute atomic E-state index is 0.0386. The molecule has 0 amide bonds. The van der Waals surface area contributed by atoms with Crippen molar-refractivity contribution in [2.24, 2.45) is 5.73 Å². The van der Waals surface area contributed by atoms with E-state index < -0.39 is 0 Å². The number of ether oxygens (including phenoxy) is 2. The monoisotopic (exact) mass is 223 g/mol. The minimum Gasteiger partial charge on any atom is -0.496 e. The highest BCUT2D eigenvalue weighted by Crippen LogP contribution is 2.32. The zero-order valence-electron chi connectivity index (χ0n) is 10.8. The van der Waals surface area contributed by atoms with Crippen molar-refractivity contribution in [2.75, 3.05) is 20.8 Å². The van der Waals surface area contributed by atoms with Gasteiger partial charge >= 0.3 is 0 Å². The number of benzene rings is 1. The third-order valence-electron chi connectivity index (χ3n) is 3.12. The molecule has 0 radical (unpaired) electrons. The Morgan fingerprint density at radius 1 is 1.19 bits per heavy atom. The van der Waals surface area contributed by atoms with Crippen molar-refractivity contribution in [2.45, 2.75) is 26.9 Å². The maximum Gasteiger partial charge on any atom is 0.124 e. The molecule has 0 aliphatic carbocycles. The van der Waals surface area contributed by atoms with Crippen LogP contribution in [0.2, 0.25) is 0 Å². The third kappa shape index (κ3) is 2.20. The minimum atomic E-state index is -0.0386. The van der Waals surface area contributed by atoms with Gasteiger partial charge in [0.25, 0.3) is 0 Å². The van der Waals surface area contributed by atoms with Crippen LogP contribution in [0.15, 0.2) is 6.07 Å². The van der Waals surface area contributed by atoms with Gasteiger partial charge in [0.2, 0.25) is 0 Å². The molecule has 0 fully saturated rings. The van der Waals surface area contributed by atoms with Crippen LogP contribution in [0.4, 0.5) is 0 Å². The lowest BCUT2D eigenvalue weighted by molar-refractivity contribution is 0.110. The van der Waals surface area contributed by atoms with Crippen LogP contribution >= 0.6 is 0 Å². The van der Waals surface area contributed by atoms with E-state index in [0.717, 1.165) is 22.4 Å². The molecule has 3 nitrogen and oxygen atoms in total. The zero-order valence-corrected chi connectivity index (χ0v) is 10.8. The van der Waals surface area contributed by atoms with Gasteiger partial charge in [-0.1, -0.05) is 0 Å². The first-order chi connectivity index (χ1) is 7.56. The standard InChI is InChI=1S/C13H21NO2/c1-8-6-11(12(7-14)15-4)9(2)10(3)13(8)16-5/h6,12H,7,14H2,1-5H3. The van der Waals surface area contributed by atoms with E-state index in [1.807, 2.05) is 6.92 Å². The Balaban J connectivity index is 3.32. The van der Waals surface area contributed by atoms with E-state index >= 15 is 0 Å². The van der Waals surface area contributed by atoms with Gasteiger partial charge in [-0.2, -0.15) is 0 Å². The van der Waals surface area contributed by atoms with Gasteiger partial charge in [-0.15, -0.1) is 0 Å². The van der Waals surface area contributed by atoms with Crippen LogP contribution < -0.4 is 10.5 Å². The summed E-state index contributed by atoms with van der Waals surface area (Å²) in [7, 11) is 3.39. The van der Waals surface area contributed by atoms with Crippen molar-refractivity contribution >= 4 is 0 Å². The summed E-state index contributed by atoms with van der Waals surface area (Å²) in [6.45, 7) is 6.67. The van der Waals surface area contributed by atoms with Crippen LogP contribution in [0.3, 0.4) is 0 Å². The second-order valence-corrected chi connectivity index (χ2v) is 4.03. The van der Waals surface area contributed by atoms with E-state index in [0.29, 0.717) is 6.54 Å². The molecule has 1 aromatic rings. The molecule has 1 unspecified atom stereocenters. The Morgan fingerprint density at radius 3 is 2.25 bits per heavy atom. The van der Waals surface area contributed by atoms with E-state index in [9.17, 15) is 0 Å². The molecule has 0 aliphatic heterocycles. The SMILES string of the molecule is COc1c(C)cc(C(CN)OC)c(C)c1C. The van der Waals surface area contributed by atoms with Crippen molar-refractivity contribution in [3.05, 3.63) is 28.3 Å². The molecule has 0 bridgehead atoms. The molecule has 90 valence electrons. The molecule has 0 aliphatic rings. The van der Waals surface area contributed by atoms with Gasteiger partial charge in [0.05, 0.1) is 13.2 Å². The molecule has 0 spiro atoms. The second-order valence-electron chi connectivity index (χ2n) is 4.03. The number of hydrogen-bond acceptors (Lipinski definition) is 3. The molecule has 3 heteroatoms. The smallest absolute Gasteiger partial charge is 0.124 e. The Bertz CT molecular complexity index is 371. The summed E-state index contributed by atoms with van der Waals surface area (Å²) >= 11 is 0. The normalized spacial score (nSPS) is 12.6. The summed E-state index contributed by atoms with van der Waals surface area (Å²) in [6, 6.07) is 2.10. The molecule has 1 rings (SSSR count). The van der Waals surface area contributed by atoms with Gasteiger partial charge in [0, 0.05) is 13.7 Å². The molecule has 0 heterocycles. The fourth-order valence-corrected chi connectivity index (χ4v) is 2.09. The molecule has 0 saturated carbocycles. The van der Waals surface area contributed by atoms with Crippen molar-refractivity contribution < 1.29 is 9.47 Å². The van der Waals surface area contributed by atoms with Gasteiger partial charge in [0.1, 0.15) is 5.75 Å². The highest BCUT2D eigenvalue weighted by atomic mass is 16.5. The lowest BCUT2D eigenvalue weighted by Crippen LogP contribution is -2.16. The number of hydrogen-bond donors (Lipinski definition) is 1. The van der Waals surface area contributed by atoms with Gasteiger partial charge in [-0.05, 0) is 49.1 Å². The Labute approximate surface area is 97.6 Å². The highest BCUT2D eigenvalue weighted by Gasteiger charge is 2.16. The van der Waals surface area contributed by atoms with Gasteiger partial charge in [-0.3, -0.25) is 0 Å². The number of nitrogens with two attached hydrogens (primary N) is 1. The molecular formula is C13H21NO2. The Morgan fingerprint density at radius 2 is 1.81 bits per heavy atom. The summed E-state index contributed by atoms with van der Waals surface area (Å²) in [5, 5.41) is 0. The first-order valence-corrected chi connectivity index (χ1v) is 5.44. The summed E-state index contributed by atoms with van der Waals surface area (Å²) in [6.07, 6.45) is -0.0386. The Hall–Kier alpha value is -1.06. The average molecular weight is 223 g/mol. The molecule has 2 N–H and O–H groups in total. The van der Waals surface area contributed by atoms with Gasteiger partial charge in [-0.25, -0.2) is 0 Å². The largest absolute Gasteiger partial charge is 0.496 e. The van der Waals surface area contributed by atoms with Crippen molar-refractivity contribution in [1.29, 1.82) is 0 Å². The van der Waals surface area contributed by atoms with Crippen molar-refractivity contribution in [3.63, 3.8) is 0 Å². The van der Waals surface area contributed by atoms with Crippen LogP contribution in [-0.2, 0) is 4.74 Å². The van der Waals surface area contributed by atoms with Gasteiger partial charge in [0.15, 0.2) is 0 Å². The number of methoxy groups -OCH3 is 2. The van der Waals surface area contributed by atoms with Crippen LogP contribution in [0, 0.1) is 20.8 Å². The van der Waals surface area contributed by atoms with E-state index in [4.69, 9.17) is 15.2 Å². The first kappa shape index (κ1) is 13.0. The molecule has 1 aromatic carbocycles. The highest BCUT2D eigenvalue weighted by molar-refractivity contribution is 5.49. The van der Waals surface area contributed by atoms with E-state index in [1.54, 1.807) is 14.2 Å². The van der Waals surface area contributed by atoms with Crippen LogP contribution in [-0.4, -0.2) is 20.8 Å². The summed E-state index contributed by atoms with van der Waals surface area (Å²) in [5.41, 5.74) is 10.3. The fraction of sp³-hybridized carbons (Fsp3) is 0.538. The fourth-order valence-electron chi connectivity index (χ4n) is 2.09. The van der Waals surface area contributed by atoms with Crippen LogP contribution in [0.25, 0.3) is 0 Å². The molecule has 1 atom stereocenters. The summed E-state index contributed by atoms with van der Waals surface area (Å²) < 4.78 is 10.8. The second kappa shape index (κ2) is 5.32. The topological polar surface area (TPSA) is 44.5 Å². The van der Waals surface area contributed by atoms with Crippen molar-refractivity contribution in [3.8, 4) is 5.75 Å². The number of rotatable bonds is 4. The van der Waals surface area contributed by atoms with Gasteiger partial charge < -0.3 is 15.2 Å².